The van der Waals surface area contributed by atoms with E-state index in [9.17, 15) is 0 Å². The molecule has 11 rings (SSSR count). The van der Waals surface area contributed by atoms with Gasteiger partial charge in [-0.3, -0.25) is 0 Å². The van der Waals surface area contributed by atoms with Crippen LogP contribution in [0.2, 0.25) is 0 Å². The first-order valence-electron chi connectivity index (χ1n) is 22.2. The summed E-state index contributed by atoms with van der Waals surface area (Å²) in [6.45, 7) is 13.2. The minimum absolute atomic E-state index is 0. The van der Waals surface area contributed by atoms with Crippen molar-refractivity contribution in [2.75, 3.05) is 9.80 Å². The molecule has 0 bridgehead atoms. The molecule has 0 saturated heterocycles. The number of pyridine rings is 1. The molecule has 0 amide bonds. The Morgan fingerprint density at radius 1 is 0.545 bits per heavy atom. The van der Waals surface area contributed by atoms with Gasteiger partial charge in [-0.25, -0.2) is 4.98 Å². The van der Waals surface area contributed by atoms with Crippen LogP contribution < -0.4 is 14.5 Å². The maximum Gasteiger partial charge on any atom is 0.135 e. The number of rotatable bonds is 8. The first-order chi connectivity index (χ1) is 31.7. The molecule has 5 nitrogen and oxygen atoms in total. The monoisotopic (exact) mass is 1030 g/mol. The van der Waals surface area contributed by atoms with Gasteiger partial charge in [0.25, 0.3) is 0 Å². The van der Waals surface area contributed by atoms with Gasteiger partial charge in [-0.2, -0.15) is 12.1 Å². The van der Waals surface area contributed by atoms with Crippen LogP contribution in [0.1, 0.15) is 37.5 Å². The number of benzene rings is 8. The van der Waals surface area contributed by atoms with Gasteiger partial charge in [0.2, 0.25) is 0 Å². The van der Waals surface area contributed by atoms with Crippen molar-refractivity contribution in [3.05, 3.63) is 224 Å². The maximum atomic E-state index is 6.72. The third-order valence-corrected chi connectivity index (χ3v) is 12.5. The molecule has 10 aromatic rings. The molecule has 0 unspecified atom stereocenters. The number of hydrogen-bond acceptors (Lipinski definition) is 4. The molecule has 0 fully saturated rings. The van der Waals surface area contributed by atoms with Crippen LogP contribution in [-0.4, -0.2) is 9.55 Å². The standard InChI is InChI=1S/C60H47N4O.Pt/c1-40-26-28-44(29-27-40)53-38-61-58(34-41(53)2)64-54-33-30-45(60(3,4)5)35-52(54)51-32-31-48(37-57(51)64)65-47-21-14-20-46(36-47)62-39-63(56-25-13-12-24-55(56)62)59-49(42-16-8-6-9-17-42)22-15-23-50(59)43-18-10-7-11-19-43;/h6-35,38-39H,1-5H3;/q-3;. The van der Waals surface area contributed by atoms with Gasteiger partial charge in [0.15, 0.2) is 0 Å². The van der Waals surface area contributed by atoms with Gasteiger partial charge in [-0.05, 0) is 76.7 Å². The van der Waals surface area contributed by atoms with Gasteiger partial charge in [-0.15, -0.1) is 48.1 Å². The molecule has 0 saturated carbocycles. The van der Waals surface area contributed by atoms with Crippen LogP contribution in [-0.2, 0) is 26.5 Å². The van der Waals surface area contributed by atoms with Crippen molar-refractivity contribution < 1.29 is 25.8 Å². The minimum atomic E-state index is -0.0134. The zero-order chi connectivity index (χ0) is 44.2. The average Bonchev–Trinajstić information content (AvgIpc) is 3.87. The normalized spacial score (nSPS) is 12.4. The molecule has 326 valence electrons. The number of hydrogen-bond donors (Lipinski definition) is 0. The summed E-state index contributed by atoms with van der Waals surface area (Å²) in [4.78, 5) is 9.61. The van der Waals surface area contributed by atoms with Gasteiger partial charge in [0.1, 0.15) is 5.82 Å². The Morgan fingerprint density at radius 3 is 1.83 bits per heavy atom. The fourth-order valence-electron chi connectivity index (χ4n) is 9.13. The summed E-state index contributed by atoms with van der Waals surface area (Å²) in [5.74, 6) is 2.02. The van der Waals surface area contributed by atoms with Gasteiger partial charge in [-0.1, -0.05) is 159 Å². The fourth-order valence-corrected chi connectivity index (χ4v) is 9.13. The van der Waals surface area contributed by atoms with E-state index in [-0.39, 0.29) is 26.5 Å². The second kappa shape index (κ2) is 17.3. The molecular formula is C60H47N4OPt-3. The van der Waals surface area contributed by atoms with E-state index >= 15 is 0 Å². The first kappa shape index (κ1) is 42.7. The van der Waals surface area contributed by atoms with Crippen molar-refractivity contribution in [3.63, 3.8) is 0 Å². The summed E-state index contributed by atoms with van der Waals surface area (Å²) < 4.78 is 8.94. The van der Waals surface area contributed by atoms with Crippen LogP contribution in [0.25, 0.3) is 61.0 Å². The third kappa shape index (κ3) is 7.78. The van der Waals surface area contributed by atoms with E-state index in [1.54, 1.807) is 0 Å². The van der Waals surface area contributed by atoms with E-state index in [4.69, 9.17) is 9.72 Å². The molecule has 1 aliphatic heterocycles. The first-order valence-corrected chi connectivity index (χ1v) is 22.2. The van der Waals surface area contributed by atoms with Crippen LogP contribution >= 0.6 is 0 Å². The van der Waals surface area contributed by atoms with Gasteiger partial charge < -0.3 is 19.1 Å². The third-order valence-electron chi connectivity index (χ3n) is 12.5. The predicted molar refractivity (Wildman–Crippen MR) is 269 cm³/mol. The number of anilines is 4. The number of aromatic nitrogens is 2. The van der Waals surface area contributed by atoms with Crippen molar-refractivity contribution >= 4 is 44.6 Å². The van der Waals surface area contributed by atoms with Gasteiger partial charge >= 0.3 is 0 Å². The number of nitrogens with zero attached hydrogens (tertiary/aromatic N) is 4. The molecular weight excluding hydrogens is 988 g/mol. The van der Waals surface area contributed by atoms with Gasteiger partial charge in [0.05, 0.1) is 0 Å². The fraction of sp³-hybridized carbons (Fsp3) is 0.100. The average molecular weight is 1040 g/mol. The molecule has 6 heteroatoms. The van der Waals surface area contributed by atoms with E-state index in [0.717, 1.165) is 89.3 Å². The Kier molecular flexibility index (Phi) is 11.2. The summed E-state index contributed by atoms with van der Waals surface area (Å²) in [7, 11) is 0. The number of ether oxygens (including phenoxy) is 1. The topological polar surface area (TPSA) is 33.5 Å². The molecule has 0 spiro atoms. The second-order valence-corrected chi connectivity index (χ2v) is 17.9. The smallest absolute Gasteiger partial charge is 0.135 e. The summed E-state index contributed by atoms with van der Waals surface area (Å²) in [5, 5.41) is 2.25. The molecule has 2 aromatic heterocycles. The van der Waals surface area contributed by atoms with E-state index in [1.165, 1.54) is 11.1 Å². The van der Waals surface area contributed by atoms with E-state index in [0.29, 0.717) is 11.5 Å². The minimum Gasteiger partial charge on any atom is -0.509 e. The zero-order valence-electron chi connectivity index (χ0n) is 37.5. The molecule has 66 heavy (non-hydrogen) atoms. The van der Waals surface area contributed by atoms with Crippen molar-refractivity contribution in [1.82, 2.24) is 9.55 Å². The number of para-hydroxylation sites is 3. The molecule has 0 atom stereocenters. The summed E-state index contributed by atoms with van der Waals surface area (Å²) in [6.07, 6.45) is 1.99. The quantitative estimate of drug-likeness (QED) is 0.142. The van der Waals surface area contributed by atoms with E-state index < -0.39 is 0 Å². The Hall–Kier alpha value is -7.20. The predicted octanol–water partition coefficient (Wildman–Crippen LogP) is 15.9. The molecule has 1 aliphatic rings. The van der Waals surface area contributed by atoms with Crippen molar-refractivity contribution in [2.24, 2.45) is 0 Å². The van der Waals surface area contributed by atoms with Crippen LogP contribution in [0.3, 0.4) is 0 Å². The maximum absolute atomic E-state index is 6.72. The Bertz CT molecular complexity index is 3330. The second-order valence-electron chi connectivity index (χ2n) is 17.9. The Morgan fingerprint density at radius 2 is 1.17 bits per heavy atom. The summed E-state index contributed by atoms with van der Waals surface area (Å²) in [5.41, 5.74) is 16.6. The summed E-state index contributed by atoms with van der Waals surface area (Å²) in [6, 6.07) is 71.5. The molecule has 0 aliphatic carbocycles. The summed E-state index contributed by atoms with van der Waals surface area (Å²) >= 11 is 0. The van der Waals surface area contributed by atoms with Crippen LogP contribution in [0.4, 0.5) is 22.7 Å². The molecule has 0 radical (unpaired) electrons. The van der Waals surface area contributed by atoms with Crippen molar-refractivity contribution in [2.45, 2.75) is 40.0 Å². The molecule has 3 heterocycles. The Balaban J connectivity index is 0.00000511. The molecule has 8 aromatic carbocycles. The van der Waals surface area contributed by atoms with E-state index in [1.807, 2.05) is 24.4 Å². The van der Waals surface area contributed by atoms with Crippen molar-refractivity contribution in [3.8, 4) is 50.7 Å². The molecule has 0 N–H and O–H groups in total. The van der Waals surface area contributed by atoms with Crippen LogP contribution in [0.5, 0.6) is 11.5 Å². The van der Waals surface area contributed by atoms with Gasteiger partial charge in [0, 0.05) is 78.0 Å². The largest absolute Gasteiger partial charge is 0.509 e. The number of aryl methyl sites for hydroxylation is 2. The Labute approximate surface area is 401 Å². The van der Waals surface area contributed by atoms with Crippen LogP contribution in [0.15, 0.2) is 188 Å². The van der Waals surface area contributed by atoms with Crippen molar-refractivity contribution in [1.29, 1.82) is 0 Å². The number of fused-ring (bicyclic) bond motifs is 4. The zero-order valence-corrected chi connectivity index (χ0v) is 39.8. The SMILES string of the molecule is Cc1ccc(-c2cnc(-n3c4[c-]c(Oc5[c-]c(N6[CH-]N(c7c(-c8ccccc8)cccc7-c7ccccc7)c7ccccc76)ccc5)ccc4c4cc(C(C)(C)C)ccc43)cc2C)cc1.[Pt]. The van der Waals surface area contributed by atoms with E-state index in [2.05, 4.69) is 232 Å². The van der Waals surface area contributed by atoms with Crippen LogP contribution in [0, 0.1) is 32.6 Å².